The maximum absolute atomic E-state index is 11.3. The van der Waals surface area contributed by atoms with Gasteiger partial charge in [-0.25, -0.2) is 0 Å². The second-order valence-electron chi connectivity index (χ2n) is 5.79. The first-order chi connectivity index (χ1) is 9.34. The predicted octanol–water partition coefficient (Wildman–Crippen LogP) is 3.24. The molecule has 0 bridgehead atoms. The molecule has 0 radical (unpaired) electrons. The summed E-state index contributed by atoms with van der Waals surface area (Å²) in [6.07, 6.45) is 13.1. The smallest absolute Gasteiger partial charge is 0.223 e. The number of carbonyl (C=O) groups excluding carboxylic acids is 1. The number of hydrogen-bond acceptors (Lipinski definition) is 2. The van der Waals surface area contributed by atoms with Crippen LogP contribution in [-0.4, -0.2) is 25.5 Å². The van der Waals surface area contributed by atoms with E-state index < -0.39 is 0 Å². The van der Waals surface area contributed by atoms with Crippen LogP contribution in [0.1, 0.15) is 71.1 Å². The molecule has 112 valence electrons. The third-order valence-electron chi connectivity index (χ3n) is 3.76. The van der Waals surface area contributed by atoms with E-state index in [0.717, 1.165) is 32.5 Å². The van der Waals surface area contributed by atoms with Crippen LogP contribution in [0.2, 0.25) is 0 Å². The number of hydrogen-bond donors (Lipinski definition) is 2. The highest BCUT2D eigenvalue weighted by molar-refractivity contribution is 5.80. The van der Waals surface area contributed by atoms with E-state index in [-0.39, 0.29) is 5.91 Å². The quantitative estimate of drug-likeness (QED) is 0.503. The summed E-state index contributed by atoms with van der Waals surface area (Å²) < 4.78 is 0. The van der Waals surface area contributed by atoms with Gasteiger partial charge in [-0.2, -0.15) is 0 Å². The molecule has 0 aliphatic heterocycles. The van der Waals surface area contributed by atoms with E-state index in [0.29, 0.717) is 5.92 Å². The van der Waals surface area contributed by atoms with Crippen molar-refractivity contribution >= 4 is 5.91 Å². The average molecular weight is 268 g/mol. The van der Waals surface area contributed by atoms with Gasteiger partial charge in [0.25, 0.3) is 0 Å². The topological polar surface area (TPSA) is 41.1 Å². The van der Waals surface area contributed by atoms with Gasteiger partial charge in [-0.1, -0.05) is 51.9 Å². The third kappa shape index (κ3) is 9.94. The summed E-state index contributed by atoms with van der Waals surface area (Å²) >= 11 is 0. The van der Waals surface area contributed by atoms with Gasteiger partial charge in [0.15, 0.2) is 0 Å². The zero-order valence-corrected chi connectivity index (χ0v) is 12.7. The third-order valence-corrected chi connectivity index (χ3v) is 3.76. The Kier molecular flexibility index (Phi) is 9.78. The molecule has 0 heterocycles. The molecule has 1 aliphatic carbocycles. The van der Waals surface area contributed by atoms with Crippen molar-refractivity contribution in [3.8, 4) is 0 Å². The Hall–Kier alpha value is -0.570. The molecular weight excluding hydrogens is 236 g/mol. The molecule has 1 rings (SSSR count). The molecule has 3 nitrogen and oxygen atoms in total. The number of nitrogens with one attached hydrogen (secondary N) is 2. The molecule has 0 unspecified atom stereocenters. The highest BCUT2D eigenvalue weighted by Crippen LogP contribution is 2.28. The van der Waals surface area contributed by atoms with E-state index in [1.54, 1.807) is 0 Å². The molecule has 0 atom stereocenters. The molecule has 0 aromatic carbocycles. The van der Waals surface area contributed by atoms with Crippen molar-refractivity contribution < 1.29 is 4.79 Å². The Labute approximate surface area is 118 Å². The van der Waals surface area contributed by atoms with Crippen LogP contribution >= 0.6 is 0 Å². The normalized spacial score (nSPS) is 14.6. The summed E-state index contributed by atoms with van der Waals surface area (Å²) in [6.45, 7) is 5.05. The van der Waals surface area contributed by atoms with Crippen molar-refractivity contribution in [3.05, 3.63) is 0 Å². The molecule has 2 N–H and O–H groups in total. The van der Waals surface area contributed by atoms with Crippen LogP contribution in [0.15, 0.2) is 0 Å². The summed E-state index contributed by atoms with van der Waals surface area (Å²) in [7, 11) is 0. The Bertz CT molecular complexity index is 227. The lowest BCUT2D eigenvalue weighted by molar-refractivity contribution is -0.122. The fourth-order valence-electron chi connectivity index (χ4n) is 2.27. The summed E-state index contributed by atoms with van der Waals surface area (Å²) in [5, 5.41) is 6.37. The average Bonchev–Trinajstić information content (AvgIpc) is 3.24. The molecule has 0 spiro atoms. The molecular formula is C16H32N2O. The van der Waals surface area contributed by atoms with E-state index in [2.05, 4.69) is 17.6 Å². The highest BCUT2D eigenvalue weighted by Gasteiger charge is 2.28. The van der Waals surface area contributed by atoms with Crippen LogP contribution < -0.4 is 10.6 Å². The van der Waals surface area contributed by atoms with Crippen molar-refractivity contribution in [3.63, 3.8) is 0 Å². The summed E-state index contributed by atoms with van der Waals surface area (Å²) in [5.41, 5.74) is 0. The van der Waals surface area contributed by atoms with Crippen molar-refractivity contribution in [2.45, 2.75) is 71.1 Å². The first kappa shape index (κ1) is 16.5. The second kappa shape index (κ2) is 11.3. The SMILES string of the molecule is CCCCCCCCCCNCCNC(=O)C1CC1. The van der Waals surface area contributed by atoms with Gasteiger partial charge in [0.2, 0.25) is 5.91 Å². The maximum atomic E-state index is 11.3. The zero-order chi connectivity index (χ0) is 13.8. The van der Waals surface area contributed by atoms with Gasteiger partial charge >= 0.3 is 0 Å². The van der Waals surface area contributed by atoms with E-state index >= 15 is 0 Å². The highest BCUT2D eigenvalue weighted by atomic mass is 16.2. The van der Waals surface area contributed by atoms with E-state index in [1.165, 1.54) is 51.4 Å². The monoisotopic (exact) mass is 268 g/mol. The van der Waals surface area contributed by atoms with Crippen LogP contribution in [-0.2, 0) is 4.79 Å². The molecule has 0 saturated heterocycles. The van der Waals surface area contributed by atoms with Crippen molar-refractivity contribution in [2.24, 2.45) is 5.92 Å². The number of amides is 1. The minimum Gasteiger partial charge on any atom is -0.355 e. The minimum absolute atomic E-state index is 0.258. The number of rotatable bonds is 13. The molecule has 1 aliphatic rings. The summed E-state index contributed by atoms with van der Waals surface area (Å²) in [5.74, 6) is 0.599. The van der Waals surface area contributed by atoms with Gasteiger partial charge in [0, 0.05) is 19.0 Å². The van der Waals surface area contributed by atoms with Crippen molar-refractivity contribution in [2.75, 3.05) is 19.6 Å². The minimum atomic E-state index is 0.258. The lowest BCUT2D eigenvalue weighted by Gasteiger charge is -2.06. The van der Waals surface area contributed by atoms with Crippen LogP contribution in [0.4, 0.5) is 0 Å². The lowest BCUT2D eigenvalue weighted by Crippen LogP contribution is -2.33. The molecule has 0 aromatic heterocycles. The Morgan fingerprint density at radius 2 is 1.53 bits per heavy atom. The van der Waals surface area contributed by atoms with E-state index in [1.807, 2.05) is 0 Å². The van der Waals surface area contributed by atoms with Crippen LogP contribution in [0.5, 0.6) is 0 Å². The van der Waals surface area contributed by atoms with Gasteiger partial charge < -0.3 is 10.6 Å². The Balaban J connectivity index is 1.68. The van der Waals surface area contributed by atoms with Gasteiger partial charge in [0.05, 0.1) is 0 Å². The molecule has 1 fully saturated rings. The van der Waals surface area contributed by atoms with E-state index in [4.69, 9.17) is 0 Å². The zero-order valence-electron chi connectivity index (χ0n) is 12.7. The largest absolute Gasteiger partial charge is 0.355 e. The van der Waals surface area contributed by atoms with Crippen LogP contribution in [0.3, 0.4) is 0 Å². The number of carbonyl (C=O) groups is 1. The van der Waals surface area contributed by atoms with Crippen molar-refractivity contribution in [1.29, 1.82) is 0 Å². The molecule has 0 aromatic rings. The van der Waals surface area contributed by atoms with Crippen LogP contribution in [0.25, 0.3) is 0 Å². The van der Waals surface area contributed by atoms with Gasteiger partial charge in [-0.05, 0) is 25.8 Å². The standard InChI is InChI=1S/C16H32N2O/c1-2-3-4-5-6-7-8-9-12-17-13-14-18-16(19)15-10-11-15/h15,17H,2-14H2,1H3,(H,18,19). The summed E-state index contributed by atoms with van der Waals surface area (Å²) in [6, 6.07) is 0. The van der Waals surface area contributed by atoms with Gasteiger partial charge in [0.1, 0.15) is 0 Å². The fraction of sp³-hybridized carbons (Fsp3) is 0.938. The van der Waals surface area contributed by atoms with Crippen LogP contribution in [0, 0.1) is 5.92 Å². The van der Waals surface area contributed by atoms with Gasteiger partial charge in [-0.3, -0.25) is 4.79 Å². The number of unbranched alkanes of at least 4 members (excludes halogenated alkanes) is 7. The Morgan fingerprint density at radius 3 is 2.16 bits per heavy atom. The van der Waals surface area contributed by atoms with Crippen molar-refractivity contribution in [1.82, 2.24) is 10.6 Å². The first-order valence-corrected chi connectivity index (χ1v) is 8.33. The predicted molar refractivity (Wildman–Crippen MR) is 81.2 cm³/mol. The first-order valence-electron chi connectivity index (χ1n) is 8.33. The Morgan fingerprint density at radius 1 is 0.895 bits per heavy atom. The molecule has 19 heavy (non-hydrogen) atoms. The molecule has 1 saturated carbocycles. The molecule has 3 heteroatoms. The lowest BCUT2D eigenvalue weighted by atomic mass is 10.1. The fourth-order valence-corrected chi connectivity index (χ4v) is 2.27. The molecule has 1 amide bonds. The van der Waals surface area contributed by atoms with Gasteiger partial charge in [-0.15, -0.1) is 0 Å². The maximum Gasteiger partial charge on any atom is 0.223 e. The summed E-state index contributed by atoms with van der Waals surface area (Å²) in [4.78, 5) is 11.3. The second-order valence-corrected chi connectivity index (χ2v) is 5.79. The van der Waals surface area contributed by atoms with E-state index in [9.17, 15) is 4.79 Å².